The molecule has 0 fully saturated rings. The van der Waals surface area contributed by atoms with Crippen molar-refractivity contribution >= 4 is 12.3 Å². The smallest absolute Gasteiger partial charge is 0.339 e. The fraction of sp³-hybridized carbons (Fsp3) is 0.0714. The van der Waals surface area contributed by atoms with Gasteiger partial charge in [-0.1, -0.05) is 18.2 Å². The van der Waals surface area contributed by atoms with E-state index in [2.05, 4.69) is 4.98 Å². The quantitative estimate of drug-likeness (QED) is 0.595. The number of aromatic nitrogens is 1. The topological polar surface area (TPSA) is 56.3 Å². The maximum atomic E-state index is 11.8. The average molecular weight is 239 g/mol. The molecule has 4 heteroatoms. The Bertz CT molecular complexity index is 622. The molecule has 1 aliphatic rings. The van der Waals surface area contributed by atoms with Gasteiger partial charge in [-0.15, -0.1) is 0 Å². The SMILES string of the molecule is O=Cc1cccc2c1C(c1ccccn1)OC2=O. The number of benzene rings is 1. The van der Waals surface area contributed by atoms with Crippen LogP contribution in [0, 0.1) is 0 Å². The summed E-state index contributed by atoms with van der Waals surface area (Å²) in [5, 5.41) is 0. The fourth-order valence-electron chi connectivity index (χ4n) is 2.13. The van der Waals surface area contributed by atoms with Crippen LogP contribution in [0.4, 0.5) is 0 Å². The Kier molecular flexibility index (Phi) is 2.41. The number of esters is 1. The van der Waals surface area contributed by atoms with Gasteiger partial charge in [-0.3, -0.25) is 9.78 Å². The van der Waals surface area contributed by atoms with E-state index < -0.39 is 12.1 Å². The summed E-state index contributed by atoms with van der Waals surface area (Å²) in [5.41, 5.74) is 2.14. The van der Waals surface area contributed by atoms with Crippen molar-refractivity contribution in [3.05, 3.63) is 65.0 Å². The molecule has 1 aromatic heterocycles. The number of cyclic esters (lactones) is 1. The molecule has 0 N–H and O–H groups in total. The van der Waals surface area contributed by atoms with Gasteiger partial charge in [0.1, 0.15) is 0 Å². The van der Waals surface area contributed by atoms with Crippen molar-refractivity contribution in [1.82, 2.24) is 4.98 Å². The maximum Gasteiger partial charge on any atom is 0.339 e. The van der Waals surface area contributed by atoms with Crippen molar-refractivity contribution in [2.45, 2.75) is 6.10 Å². The number of ether oxygens (including phenoxy) is 1. The van der Waals surface area contributed by atoms with Crippen molar-refractivity contribution < 1.29 is 14.3 Å². The molecule has 1 aliphatic heterocycles. The zero-order chi connectivity index (χ0) is 12.5. The van der Waals surface area contributed by atoms with Crippen LogP contribution >= 0.6 is 0 Å². The third-order valence-electron chi connectivity index (χ3n) is 2.93. The molecule has 1 aromatic carbocycles. The predicted molar refractivity (Wildman–Crippen MR) is 63.3 cm³/mol. The van der Waals surface area contributed by atoms with Gasteiger partial charge in [0.05, 0.1) is 11.3 Å². The molecule has 1 unspecified atom stereocenters. The molecule has 0 saturated carbocycles. The van der Waals surface area contributed by atoms with Crippen molar-refractivity contribution in [2.75, 3.05) is 0 Å². The Labute approximate surface area is 103 Å². The molecule has 0 amide bonds. The van der Waals surface area contributed by atoms with Crippen molar-refractivity contribution in [2.24, 2.45) is 0 Å². The molecule has 4 nitrogen and oxygen atoms in total. The number of pyridine rings is 1. The molecule has 18 heavy (non-hydrogen) atoms. The van der Waals surface area contributed by atoms with E-state index in [4.69, 9.17) is 4.74 Å². The predicted octanol–water partition coefficient (Wildman–Crippen LogP) is 2.15. The number of carbonyl (C=O) groups excluding carboxylic acids is 2. The van der Waals surface area contributed by atoms with Crippen molar-refractivity contribution in [3.8, 4) is 0 Å². The van der Waals surface area contributed by atoms with E-state index in [9.17, 15) is 9.59 Å². The van der Waals surface area contributed by atoms with E-state index in [0.29, 0.717) is 22.4 Å². The second kappa shape index (κ2) is 4.07. The minimum atomic E-state index is -0.588. The van der Waals surface area contributed by atoms with E-state index in [1.54, 1.807) is 36.5 Å². The summed E-state index contributed by atoms with van der Waals surface area (Å²) in [4.78, 5) is 27.0. The van der Waals surface area contributed by atoms with Gasteiger partial charge in [0.25, 0.3) is 0 Å². The second-order valence-corrected chi connectivity index (χ2v) is 3.97. The average Bonchev–Trinajstić information content (AvgIpc) is 2.77. The molecular weight excluding hydrogens is 230 g/mol. The van der Waals surface area contributed by atoms with Crippen LogP contribution in [0.25, 0.3) is 0 Å². The standard InChI is InChI=1S/C14H9NO3/c16-8-9-4-3-5-10-12(9)13(18-14(10)17)11-6-1-2-7-15-11/h1-8,13H. The summed E-state index contributed by atoms with van der Waals surface area (Å²) in [5.74, 6) is -0.413. The van der Waals surface area contributed by atoms with E-state index in [1.807, 2.05) is 6.07 Å². The van der Waals surface area contributed by atoms with Gasteiger partial charge in [0.15, 0.2) is 12.4 Å². The summed E-state index contributed by atoms with van der Waals surface area (Å²) in [7, 11) is 0. The molecule has 0 radical (unpaired) electrons. The first kappa shape index (κ1) is 10.7. The van der Waals surface area contributed by atoms with Gasteiger partial charge >= 0.3 is 5.97 Å². The van der Waals surface area contributed by atoms with Crippen molar-refractivity contribution in [1.29, 1.82) is 0 Å². The highest BCUT2D eigenvalue weighted by atomic mass is 16.5. The Hall–Kier alpha value is -2.49. The summed E-state index contributed by atoms with van der Waals surface area (Å²) < 4.78 is 5.30. The number of rotatable bonds is 2. The fourth-order valence-corrected chi connectivity index (χ4v) is 2.13. The van der Waals surface area contributed by atoms with E-state index in [-0.39, 0.29) is 0 Å². The summed E-state index contributed by atoms with van der Waals surface area (Å²) in [6.07, 6.45) is 1.77. The normalized spacial score (nSPS) is 17.1. The number of hydrogen-bond acceptors (Lipinski definition) is 4. The Morgan fingerprint density at radius 2 is 2.06 bits per heavy atom. The van der Waals surface area contributed by atoms with Crippen LogP contribution in [0.3, 0.4) is 0 Å². The minimum absolute atomic E-state index is 0.413. The van der Waals surface area contributed by atoms with Gasteiger partial charge < -0.3 is 4.74 Å². The van der Waals surface area contributed by atoms with Gasteiger partial charge in [0.2, 0.25) is 0 Å². The lowest BCUT2D eigenvalue weighted by Crippen LogP contribution is -2.04. The molecular formula is C14H9NO3. The molecule has 1 atom stereocenters. The molecule has 2 aromatic rings. The third-order valence-corrected chi connectivity index (χ3v) is 2.93. The molecule has 0 bridgehead atoms. The van der Waals surface area contributed by atoms with Gasteiger partial charge in [-0.25, -0.2) is 4.79 Å². The molecule has 88 valence electrons. The molecule has 2 heterocycles. The van der Waals surface area contributed by atoms with Crippen LogP contribution in [0.5, 0.6) is 0 Å². The number of aldehydes is 1. The van der Waals surface area contributed by atoms with Crippen LogP contribution in [-0.4, -0.2) is 17.2 Å². The second-order valence-electron chi connectivity index (χ2n) is 3.97. The Balaban J connectivity index is 2.19. The highest BCUT2D eigenvalue weighted by molar-refractivity contribution is 5.97. The lowest BCUT2D eigenvalue weighted by molar-refractivity contribution is 0.0448. The van der Waals surface area contributed by atoms with Crippen molar-refractivity contribution in [3.63, 3.8) is 0 Å². The van der Waals surface area contributed by atoms with E-state index in [0.717, 1.165) is 6.29 Å². The number of carbonyl (C=O) groups is 2. The van der Waals surface area contributed by atoms with Crippen LogP contribution in [0.15, 0.2) is 42.6 Å². The zero-order valence-electron chi connectivity index (χ0n) is 9.37. The Morgan fingerprint density at radius 3 is 2.78 bits per heavy atom. The molecule has 0 spiro atoms. The van der Waals surface area contributed by atoms with Gasteiger partial charge in [-0.2, -0.15) is 0 Å². The van der Waals surface area contributed by atoms with E-state index in [1.165, 1.54) is 0 Å². The summed E-state index contributed by atoms with van der Waals surface area (Å²) in [6, 6.07) is 10.4. The van der Waals surface area contributed by atoms with Crippen LogP contribution < -0.4 is 0 Å². The summed E-state index contributed by atoms with van der Waals surface area (Å²) in [6.45, 7) is 0. The number of nitrogens with zero attached hydrogens (tertiary/aromatic N) is 1. The number of fused-ring (bicyclic) bond motifs is 1. The minimum Gasteiger partial charge on any atom is -0.447 e. The van der Waals surface area contributed by atoms with Crippen LogP contribution in [0.2, 0.25) is 0 Å². The first-order chi connectivity index (χ1) is 8.81. The largest absolute Gasteiger partial charge is 0.447 e. The third kappa shape index (κ3) is 1.50. The van der Waals surface area contributed by atoms with Crippen LogP contribution in [-0.2, 0) is 4.74 Å². The maximum absolute atomic E-state index is 11.8. The molecule has 0 saturated heterocycles. The first-order valence-electron chi connectivity index (χ1n) is 5.51. The van der Waals surface area contributed by atoms with Gasteiger partial charge in [0, 0.05) is 17.3 Å². The molecule has 3 rings (SSSR count). The highest BCUT2D eigenvalue weighted by Gasteiger charge is 2.34. The zero-order valence-corrected chi connectivity index (χ0v) is 9.37. The lowest BCUT2D eigenvalue weighted by Gasteiger charge is -2.10. The monoisotopic (exact) mass is 239 g/mol. The highest BCUT2D eigenvalue weighted by Crippen LogP contribution is 2.36. The summed E-state index contributed by atoms with van der Waals surface area (Å²) >= 11 is 0. The first-order valence-corrected chi connectivity index (χ1v) is 5.51. The lowest BCUT2D eigenvalue weighted by atomic mass is 9.97. The molecule has 0 aliphatic carbocycles. The van der Waals surface area contributed by atoms with E-state index >= 15 is 0 Å². The number of hydrogen-bond donors (Lipinski definition) is 0. The van der Waals surface area contributed by atoms with Crippen LogP contribution in [0.1, 0.15) is 38.1 Å². The van der Waals surface area contributed by atoms with Gasteiger partial charge in [-0.05, 0) is 18.2 Å². The Morgan fingerprint density at radius 1 is 1.17 bits per heavy atom.